The second-order valence-corrected chi connectivity index (χ2v) is 9.79. The number of nitrogens with zero attached hydrogens (tertiary/aromatic N) is 2. The van der Waals surface area contributed by atoms with Crippen LogP contribution in [0.1, 0.15) is 33.6 Å². The van der Waals surface area contributed by atoms with Crippen molar-refractivity contribution in [1.82, 2.24) is 9.21 Å². The number of nitrogens with one attached hydrogen (secondary N) is 1. The number of ether oxygens (including phenoxy) is 1. The fourth-order valence-electron chi connectivity index (χ4n) is 2.75. The van der Waals surface area contributed by atoms with Crippen molar-refractivity contribution in [3.05, 3.63) is 24.3 Å². The van der Waals surface area contributed by atoms with Crippen LogP contribution in [0.3, 0.4) is 0 Å². The van der Waals surface area contributed by atoms with Crippen molar-refractivity contribution in [3.8, 4) is 0 Å². The van der Waals surface area contributed by atoms with E-state index in [0.717, 1.165) is 4.31 Å². The molecule has 1 atom stereocenters. The first kappa shape index (κ1) is 21.2. The van der Waals surface area contributed by atoms with E-state index in [0.29, 0.717) is 25.1 Å². The molecule has 1 heterocycles. The standard InChI is InChI=1S/C18H27N3O5S/c1-18(2,3)26-17(23)21-11-7-10-15(21)16(22)19-13-8-6-9-14(12-13)27(24,25)20(4)5/h6,8-9,12,15H,7,10-11H2,1-5H3,(H,19,22)/t15-/m0/s1. The van der Waals surface area contributed by atoms with Crippen LogP contribution in [0, 0.1) is 0 Å². The molecule has 1 N–H and O–H groups in total. The lowest BCUT2D eigenvalue weighted by atomic mass is 10.2. The largest absolute Gasteiger partial charge is 0.444 e. The van der Waals surface area contributed by atoms with Gasteiger partial charge in [-0.05, 0) is 51.8 Å². The molecule has 1 aromatic rings. The second kappa shape index (κ2) is 7.85. The van der Waals surface area contributed by atoms with Gasteiger partial charge in [-0.25, -0.2) is 17.5 Å². The monoisotopic (exact) mass is 397 g/mol. The van der Waals surface area contributed by atoms with Crippen molar-refractivity contribution < 1.29 is 22.7 Å². The molecule has 1 fully saturated rings. The average Bonchev–Trinajstić information content (AvgIpc) is 3.03. The third kappa shape index (κ3) is 5.20. The molecular weight excluding hydrogens is 370 g/mol. The fraction of sp³-hybridized carbons (Fsp3) is 0.556. The molecule has 0 spiro atoms. The van der Waals surface area contributed by atoms with E-state index in [1.165, 1.54) is 31.1 Å². The van der Waals surface area contributed by atoms with E-state index >= 15 is 0 Å². The summed E-state index contributed by atoms with van der Waals surface area (Å²) < 4.78 is 31.0. The first-order valence-corrected chi connectivity index (χ1v) is 10.2. The molecule has 1 aromatic carbocycles. The van der Waals surface area contributed by atoms with Gasteiger partial charge in [-0.15, -0.1) is 0 Å². The van der Waals surface area contributed by atoms with Gasteiger partial charge in [0.25, 0.3) is 0 Å². The van der Waals surface area contributed by atoms with E-state index in [2.05, 4.69) is 5.32 Å². The summed E-state index contributed by atoms with van der Waals surface area (Å²) in [6.45, 7) is 5.76. The summed E-state index contributed by atoms with van der Waals surface area (Å²) in [7, 11) is -0.717. The Hall–Kier alpha value is -2.13. The Morgan fingerprint density at radius 2 is 1.93 bits per heavy atom. The van der Waals surface area contributed by atoms with Crippen LogP contribution >= 0.6 is 0 Å². The number of sulfonamides is 1. The highest BCUT2D eigenvalue weighted by Gasteiger charge is 2.36. The highest BCUT2D eigenvalue weighted by molar-refractivity contribution is 7.89. The summed E-state index contributed by atoms with van der Waals surface area (Å²) in [6.07, 6.45) is 0.705. The van der Waals surface area contributed by atoms with Crippen molar-refractivity contribution in [2.24, 2.45) is 0 Å². The van der Waals surface area contributed by atoms with Crippen LogP contribution in [-0.2, 0) is 19.6 Å². The summed E-state index contributed by atoms with van der Waals surface area (Å²) in [5, 5.41) is 2.71. The summed E-state index contributed by atoms with van der Waals surface area (Å²) in [5.41, 5.74) is -0.283. The number of benzene rings is 1. The lowest BCUT2D eigenvalue weighted by molar-refractivity contribution is -0.120. The molecule has 1 aliphatic rings. The van der Waals surface area contributed by atoms with E-state index < -0.39 is 27.8 Å². The van der Waals surface area contributed by atoms with Crippen LogP contribution in [0.25, 0.3) is 0 Å². The summed E-state index contributed by atoms with van der Waals surface area (Å²) in [5.74, 6) is -0.363. The molecule has 2 amide bonds. The topological polar surface area (TPSA) is 96.0 Å². The van der Waals surface area contributed by atoms with Gasteiger partial charge in [-0.3, -0.25) is 9.69 Å². The van der Waals surface area contributed by atoms with Crippen LogP contribution in [-0.4, -0.2) is 61.9 Å². The highest BCUT2D eigenvalue weighted by atomic mass is 32.2. The predicted octanol–water partition coefficient (Wildman–Crippen LogP) is 2.27. The Morgan fingerprint density at radius 1 is 1.26 bits per heavy atom. The van der Waals surface area contributed by atoms with Crippen molar-refractivity contribution >= 4 is 27.7 Å². The number of hydrogen-bond acceptors (Lipinski definition) is 5. The Morgan fingerprint density at radius 3 is 2.52 bits per heavy atom. The van der Waals surface area contributed by atoms with E-state index in [1.54, 1.807) is 32.9 Å². The van der Waals surface area contributed by atoms with Gasteiger partial charge in [0.05, 0.1) is 4.90 Å². The van der Waals surface area contributed by atoms with Crippen LogP contribution in [0.5, 0.6) is 0 Å². The number of amides is 2. The molecule has 0 unspecified atom stereocenters. The van der Waals surface area contributed by atoms with Gasteiger partial charge in [0.1, 0.15) is 11.6 Å². The first-order valence-electron chi connectivity index (χ1n) is 8.75. The molecule has 1 saturated heterocycles. The number of rotatable bonds is 4. The predicted molar refractivity (Wildman–Crippen MR) is 102 cm³/mol. The quantitative estimate of drug-likeness (QED) is 0.841. The van der Waals surface area contributed by atoms with Crippen LogP contribution in [0.2, 0.25) is 0 Å². The molecule has 0 saturated carbocycles. The maximum absolute atomic E-state index is 12.7. The molecule has 2 rings (SSSR count). The number of carbonyl (C=O) groups is 2. The zero-order valence-corrected chi connectivity index (χ0v) is 17.2. The van der Waals surface area contributed by atoms with Gasteiger partial charge in [0.2, 0.25) is 15.9 Å². The number of hydrogen-bond donors (Lipinski definition) is 1. The molecule has 0 aromatic heterocycles. The minimum absolute atomic E-state index is 0.0840. The Balaban J connectivity index is 2.14. The van der Waals surface area contributed by atoms with E-state index in [1.807, 2.05) is 0 Å². The summed E-state index contributed by atoms with van der Waals surface area (Å²) >= 11 is 0. The fourth-order valence-corrected chi connectivity index (χ4v) is 3.70. The third-order valence-corrected chi connectivity index (χ3v) is 5.87. The molecule has 0 radical (unpaired) electrons. The smallest absolute Gasteiger partial charge is 0.410 e. The van der Waals surface area contributed by atoms with Crippen LogP contribution in [0.15, 0.2) is 29.2 Å². The molecule has 150 valence electrons. The van der Waals surface area contributed by atoms with Crippen molar-refractivity contribution in [3.63, 3.8) is 0 Å². The van der Waals surface area contributed by atoms with Gasteiger partial charge in [0, 0.05) is 26.3 Å². The maximum atomic E-state index is 12.7. The molecule has 0 bridgehead atoms. The van der Waals surface area contributed by atoms with E-state index in [9.17, 15) is 18.0 Å². The van der Waals surface area contributed by atoms with Gasteiger partial charge < -0.3 is 10.1 Å². The minimum Gasteiger partial charge on any atom is -0.444 e. The van der Waals surface area contributed by atoms with Crippen molar-refractivity contribution in [2.75, 3.05) is 26.0 Å². The summed E-state index contributed by atoms with van der Waals surface area (Å²) in [4.78, 5) is 26.5. The Bertz CT molecular complexity index is 815. The molecule has 0 aliphatic carbocycles. The first-order chi connectivity index (χ1) is 12.4. The second-order valence-electron chi connectivity index (χ2n) is 7.64. The third-order valence-electron chi connectivity index (χ3n) is 4.06. The summed E-state index contributed by atoms with van der Waals surface area (Å²) in [6, 6.07) is 5.40. The van der Waals surface area contributed by atoms with Gasteiger partial charge in [-0.1, -0.05) is 6.07 Å². The zero-order chi connectivity index (χ0) is 20.4. The Labute approximate surface area is 160 Å². The SMILES string of the molecule is CN(C)S(=O)(=O)c1cccc(NC(=O)[C@@H]2CCCN2C(=O)OC(C)(C)C)c1. The van der Waals surface area contributed by atoms with Crippen molar-refractivity contribution in [1.29, 1.82) is 0 Å². The number of likely N-dealkylation sites (tertiary alicyclic amines) is 1. The van der Waals surface area contributed by atoms with Gasteiger partial charge in [0.15, 0.2) is 0 Å². The van der Waals surface area contributed by atoms with Crippen LogP contribution in [0.4, 0.5) is 10.5 Å². The Kier molecular flexibility index (Phi) is 6.16. The number of anilines is 1. The minimum atomic E-state index is -3.60. The molecule has 1 aliphatic heterocycles. The maximum Gasteiger partial charge on any atom is 0.410 e. The molecular formula is C18H27N3O5S. The van der Waals surface area contributed by atoms with E-state index in [4.69, 9.17) is 4.74 Å². The van der Waals surface area contributed by atoms with Gasteiger partial charge in [-0.2, -0.15) is 0 Å². The number of carbonyl (C=O) groups excluding carboxylic acids is 2. The average molecular weight is 397 g/mol. The van der Waals surface area contributed by atoms with E-state index in [-0.39, 0.29) is 10.8 Å². The van der Waals surface area contributed by atoms with Gasteiger partial charge >= 0.3 is 6.09 Å². The highest BCUT2D eigenvalue weighted by Crippen LogP contribution is 2.23. The molecule has 8 nitrogen and oxygen atoms in total. The normalized spacial score (nSPS) is 17.9. The molecule has 9 heteroatoms. The lowest BCUT2D eigenvalue weighted by Gasteiger charge is -2.28. The van der Waals surface area contributed by atoms with Crippen LogP contribution < -0.4 is 5.32 Å². The lowest BCUT2D eigenvalue weighted by Crippen LogP contribution is -2.45. The van der Waals surface area contributed by atoms with Crippen molar-refractivity contribution in [2.45, 2.75) is 50.2 Å². The molecule has 27 heavy (non-hydrogen) atoms. The zero-order valence-electron chi connectivity index (χ0n) is 16.4.